The molecule has 7 heteroatoms. The molecule has 32 heavy (non-hydrogen) atoms. The fourth-order valence-electron chi connectivity index (χ4n) is 3.42. The molecule has 0 aliphatic heterocycles. The minimum atomic E-state index is -0.838. The van der Waals surface area contributed by atoms with Crippen molar-refractivity contribution in [1.29, 1.82) is 0 Å². The number of aromatic nitrogens is 1. The first-order chi connectivity index (χ1) is 15.5. The second-order valence-electron chi connectivity index (χ2n) is 7.32. The lowest BCUT2D eigenvalue weighted by Crippen LogP contribution is -2.01. The zero-order chi connectivity index (χ0) is 23.1. The first-order valence-electron chi connectivity index (χ1n) is 10.8. The summed E-state index contributed by atoms with van der Waals surface area (Å²) in [6.07, 6.45) is 2.49. The van der Waals surface area contributed by atoms with Crippen LogP contribution in [0, 0.1) is 5.82 Å². The second kappa shape index (κ2) is 10.8. The third-order valence-electron chi connectivity index (χ3n) is 5.11. The summed E-state index contributed by atoms with van der Waals surface area (Å²) in [5.74, 6) is 0.625. The Morgan fingerprint density at radius 3 is 2.66 bits per heavy atom. The average Bonchev–Trinajstić information content (AvgIpc) is 3.57. The fourth-order valence-corrected chi connectivity index (χ4v) is 3.42. The van der Waals surface area contributed by atoms with Gasteiger partial charge in [0.2, 0.25) is 0 Å². The number of hydrogen-bond acceptors (Lipinski definition) is 5. The van der Waals surface area contributed by atoms with Gasteiger partial charge < -0.3 is 19.1 Å². The summed E-state index contributed by atoms with van der Waals surface area (Å²) < 4.78 is 31.1. The van der Waals surface area contributed by atoms with Gasteiger partial charge in [-0.05, 0) is 61.1 Å². The fraction of sp³-hybridized carbons (Fsp3) is 0.360. The SMILES string of the molecule is CC.COc1ccc(F)c(-c2onc(COc3cccc(CCC(=O)O)c3)c2C2CC2)c1. The van der Waals surface area contributed by atoms with Crippen molar-refractivity contribution >= 4 is 5.97 Å². The summed E-state index contributed by atoms with van der Waals surface area (Å²) in [6, 6.07) is 11.9. The molecule has 3 aromatic rings. The lowest BCUT2D eigenvalue weighted by atomic mass is 10.0. The molecule has 4 rings (SSSR count). The molecule has 0 unspecified atom stereocenters. The van der Waals surface area contributed by atoms with E-state index in [1.807, 2.05) is 38.1 Å². The molecule has 1 aliphatic rings. The van der Waals surface area contributed by atoms with Crippen LogP contribution in [0.25, 0.3) is 11.3 Å². The van der Waals surface area contributed by atoms with Gasteiger partial charge in [-0.2, -0.15) is 0 Å². The lowest BCUT2D eigenvalue weighted by molar-refractivity contribution is -0.136. The number of benzene rings is 2. The van der Waals surface area contributed by atoms with Crippen LogP contribution in [-0.2, 0) is 17.8 Å². The van der Waals surface area contributed by atoms with Crippen molar-refractivity contribution in [3.05, 3.63) is 65.1 Å². The van der Waals surface area contributed by atoms with E-state index in [2.05, 4.69) is 5.16 Å². The van der Waals surface area contributed by atoms with Gasteiger partial charge in [0, 0.05) is 12.0 Å². The summed E-state index contributed by atoms with van der Waals surface area (Å²) >= 11 is 0. The van der Waals surface area contributed by atoms with Crippen molar-refractivity contribution in [3.63, 3.8) is 0 Å². The number of carboxylic acid groups (broad SMARTS) is 1. The average molecular weight is 441 g/mol. The molecular formula is C25H28FNO5. The number of hydrogen-bond donors (Lipinski definition) is 1. The standard InChI is InChI=1S/C23H22FNO5.C2H6/c1-28-16-8-9-19(24)18(12-16)23-22(15-6-7-15)20(25-30-23)13-29-17-4-2-3-14(11-17)5-10-21(26)27;1-2/h2-4,8-9,11-12,15H,5-7,10,13H2,1H3,(H,26,27);1-2H3. The Morgan fingerprint density at radius 1 is 1.19 bits per heavy atom. The molecule has 0 bridgehead atoms. The van der Waals surface area contributed by atoms with Crippen LogP contribution in [0.1, 0.15) is 55.8 Å². The van der Waals surface area contributed by atoms with Gasteiger partial charge in [-0.15, -0.1) is 0 Å². The zero-order valence-corrected chi connectivity index (χ0v) is 18.6. The third kappa shape index (κ3) is 5.66. The van der Waals surface area contributed by atoms with Crippen LogP contribution in [0.2, 0.25) is 0 Å². The van der Waals surface area contributed by atoms with Gasteiger partial charge in [0.1, 0.15) is 29.6 Å². The van der Waals surface area contributed by atoms with Gasteiger partial charge in [-0.3, -0.25) is 4.79 Å². The minimum absolute atomic E-state index is 0.0635. The van der Waals surface area contributed by atoms with Gasteiger partial charge >= 0.3 is 5.97 Å². The Bertz CT molecular complexity index is 1060. The van der Waals surface area contributed by atoms with Crippen LogP contribution in [0.5, 0.6) is 11.5 Å². The maximum atomic E-state index is 14.5. The molecule has 0 radical (unpaired) electrons. The van der Waals surface area contributed by atoms with E-state index in [1.54, 1.807) is 12.1 Å². The molecule has 1 aliphatic carbocycles. The molecule has 1 N–H and O–H groups in total. The van der Waals surface area contributed by atoms with Crippen molar-refractivity contribution in [2.24, 2.45) is 0 Å². The second-order valence-corrected chi connectivity index (χ2v) is 7.32. The van der Waals surface area contributed by atoms with Crippen molar-refractivity contribution < 1.29 is 28.3 Å². The third-order valence-corrected chi connectivity index (χ3v) is 5.11. The normalized spacial score (nSPS) is 12.6. The van der Waals surface area contributed by atoms with Crippen molar-refractivity contribution in [2.75, 3.05) is 7.11 Å². The summed E-state index contributed by atoms with van der Waals surface area (Å²) in [4.78, 5) is 10.8. The van der Waals surface area contributed by atoms with E-state index in [1.165, 1.54) is 13.2 Å². The van der Waals surface area contributed by atoms with Gasteiger partial charge in [-0.1, -0.05) is 31.1 Å². The van der Waals surface area contributed by atoms with Crippen LogP contribution in [-0.4, -0.2) is 23.3 Å². The molecule has 1 fully saturated rings. The number of methoxy groups -OCH3 is 1. The summed E-state index contributed by atoms with van der Waals surface area (Å²) in [6.45, 7) is 4.18. The number of carbonyl (C=O) groups is 1. The van der Waals surface area contributed by atoms with Crippen LogP contribution < -0.4 is 9.47 Å². The number of aryl methyl sites for hydroxylation is 1. The molecule has 1 aromatic heterocycles. The van der Waals surface area contributed by atoms with Crippen molar-refractivity contribution in [2.45, 2.75) is 52.1 Å². The summed E-state index contributed by atoms with van der Waals surface area (Å²) in [5, 5.41) is 13.0. The quantitative estimate of drug-likeness (QED) is 0.439. The number of rotatable bonds is 9. The molecule has 1 heterocycles. The maximum Gasteiger partial charge on any atom is 0.303 e. The predicted octanol–water partition coefficient (Wildman–Crippen LogP) is 5.99. The molecular weight excluding hydrogens is 413 g/mol. The van der Waals surface area contributed by atoms with Crippen LogP contribution in [0.3, 0.4) is 0 Å². The van der Waals surface area contributed by atoms with Crippen molar-refractivity contribution in [3.8, 4) is 22.8 Å². The molecule has 0 spiro atoms. The topological polar surface area (TPSA) is 81.8 Å². The highest BCUT2D eigenvalue weighted by molar-refractivity contribution is 5.67. The largest absolute Gasteiger partial charge is 0.497 e. The Labute approximate surface area is 187 Å². The van der Waals surface area contributed by atoms with E-state index in [9.17, 15) is 9.18 Å². The Hall–Kier alpha value is -3.35. The maximum absolute atomic E-state index is 14.5. The summed E-state index contributed by atoms with van der Waals surface area (Å²) in [5.41, 5.74) is 2.73. The van der Waals surface area contributed by atoms with E-state index >= 15 is 0 Å². The highest BCUT2D eigenvalue weighted by atomic mass is 19.1. The van der Waals surface area contributed by atoms with E-state index in [0.29, 0.717) is 34.9 Å². The number of aliphatic carboxylic acids is 1. The van der Waals surface area contributed by atoms with Gasteiger partial charge in [0.05, 0.1) is 12.7 Å². The Morgan fingerprint density at radius 2 is 1.97 bits per heavy atom. The molecule has 170 valence electrons. The van der Waals surface area contributed by atoms with E-state index in [0.717, 1.165) is 24.0 Å². The highest BCUT2D eigenvalue weighted by Crippen LogP contribution is 2.47. The smallest absolute Gasteiger partial charge is 0.303 e. The van der Waals surface area contributed by atoms with Crippen LogP contribution >= 0.6 is 0 Å². The Kier molecular flexibility index (Phi) is 7.87. The molecule has 2 aromatic carbocycles. The molecule has 0 saturated heterocycles. The molecule has 0 atom stereocenters. The van der Waals surface area contributed by atoms with Crippen molar-refractivity contribution in [1.82, 2.24) is 5.16 Å². The van der Waals surface area contributed by atoms with E-state index in [4.69, 9.17) is 19.1 Å². The highest BCUT2D eigenvalue weighted by Gasteiger charge is 2.34. The number of halogens is 1. The first-order valence-corrected chi connectivity index (χ1v) is 10.8. The molecule has 6 nitrogen and oxygen atoms in total. The first kappa shape index (κ1) is 23.3. The molecule has 1 saturated carbocycles. The molecule has 0 amide bonds. The van der Waals surface area contributed by atoms with Crippen LogP contribution in [0.15, 0.2) is 47.0 Å². The van der Waals surface area contributed by atoms with Crippen LogP contribution in [0.4, 0.5) is 4.39 Å². The minimum Gasteiger partial charge on any atom is -0.497 e. The van der Waals surface area contributed by atoms with Gasteiger partial charge in [0.25, 0.3) is 0 Å². The van der Waals surface area contributed by atoms with E-state index < -0.39 is 11.8 Å². The number of ether oxygens (including phenoxy) is 2. The van der Waals surface area contributed by atoms with Gasteiger partial charge in [0.15, 0.2) is 5.76 Å². The predicted molar refractivity (Wildman–Crippen MR) is 119 cm³/mol. The number of carboxylic acids is 1. The van der Waals surface area contributed by atoms with E-state index in [-0.39, 0.29) is 18.9 Å². The number of nitrogens with zero attached hydrogens (tertiary/aromatic N) is 1. The Balaban J connectivity index is 0.00000141. The summed E-state index contributed by atoms with van der Waals surface area (Å²) in [7, 11) is 1.53. The zero-order valence-electron chi connectivity index (χ0n) is 18.6. The monoisotopic (exact) mass is 441 g/mol. The van der Waals surface area contributed by atoms with Gasteiger partial charge in [-0.25, -0.2) is 4.39 Å². The lowest BCUT2D eigenvalue weighted by Gasteiger charge is -2.08.